The standard InChI is InChI=1S/C12H16N2O5Si/c1-17-20(18-2,19-3)10-6-4-9(5-7-10)8-11(14-13)12(15)16/h4-7H,8H2,1-3H3,(H,15,16). The maximum atomic E-state index is 10.8. The predicted octanol–water partition coefficient (Wildman–Crippen LogP) is 0.0696. The number of hydrogen-bond donors (Lipinski definition) is 1. The minimum absolute atomic E-state index is 0.0214. The first-order valence-corrected chi connectivity index (χ1v) is 7.44. The highest BCUT2D eigenvalue weighted by molar-refractivity contribution is 6.75. The highest BCUT2D eigenvalue weighted by Crippen LogP contribution is 2.08. The lowest BCUT2D eigenvalue weighted by Crippen LogP contribution is -2.54. The van der Waals surface area contributed by atoms with Gasteiger partial charge in [-0.3, -0.25) is 0 Å². The van der Waals surface area contributed by atoms with E-state index >= 15 is 0 Å². The minimum atomic E-state index is -2.88. The molecule has 0 bridgehead atoms. The van der Waals surface area contributed by atoms with Gasteiger partial charge in [0.2, 0.25) is 0 Å². The summed E-state index contributed by atoms with van der Waals surface area (Å²) >= 11 is 0. The van der Waals surface area contributed by atoms with E-state index in [0.29, 0.717) is 5.56 Å². The van der Waals surface area contributed by atoms with Gasteiger partial charge in [-0.2, -0.15) is 4.79 Å². The maximum absolute atomic E-state index is 10.8. The van der Waals surface area contributed by atoms with Crippen molar-refractivity contribution in [2.45, 2.75) is 6.42 Å². The van der Waals surface area contributed by atoms with Gasteiger partial charge >= 0.3 is 20.5 Å². The Morgan fingerprint density at radius 2 is 1.70 bits per heavy atom. The second-order valence-corrected chi connectivity index (χ2v) is 6.81. The van der Waals surface area contributed by atoms with Gasteiger partial charge in [0.25, 0.3) is 0 Å². The fraction of sp³-hybridized carbons (Fsp3) is 0.333. The second kappa shape index (κ2) is 7.08. The number of benzene rings is 1. The van der Waals surface area contributed by atoms with E-state index in [1.165, 1.54) is 21.3 Å². The zero-order valence-corrected chi connectivity index (χ0v) is 12.5. The summed E-state index contributed by atoms with van der Waals surface area (Å²) in [5.41, 5.74) is 8.97. The van der Waals surface area contributed by atoms with Gasteiger partial charge in [-0.05, 0) is 5.56 Å². The highest BCUT2D eigenvalue weighted by atomic mass is 28.4. The van der Waals surface area contributed by atoms with E-state index < -0.39 is 14.8 Å². The first-order chi connectivity index (χ1) is 9.52. The molecule has 0 saturated heterocycles. The molecule has 0 aliphatic heterocycles. The quantitative estimate of drug-likeness (QED) is 0.332. The van der Waals surface area contributed by atoms with E-state index in [9.17, 15) is 4.79 Å². The molecule has 0 unspecified atom stereocenters. The van der Waals surface area contributed by atoms with Gasteiger partial charge in [0.05, 0.1) is 6.42 Å². The van der Waals surface area contributed by atoms with Crippen molar-refractivity contribution in [3.05, 3.63) is 35.4 Å². The van der Waals surface area contributed by atoms with Crippen LogP contribution in [0.4, 0.5) is 0 Å². The van der Waals surface area contributed by atoms with Crippen LogP contribution in [-0.2, 0) is 24.5 Å². The maximum Gasteiger partial charge on any atom is 0.536 e. The van der Waals surface area contributed by atoms with Crippen LogP contribution in [-0.4, -0.2) is 51.7 Å². The average Bonchev–Trinajstić information content (AvgIpc) is 2.48. The topological polar surface area (TPSA) is 101 Å². The molecule has 1 N–H and O–H groups in total. The Hall–Kier alpha value is -1.83. The van der Waals surface area contributed by atoms with Crippen LogP contribution < -0.4 is 5.19 Å². The summed E-state index contributed by atoms with van der Waals surface area (Å²) in [6, 6.07) is 6.91. The molecule has 1 aromatic carbocycles. The molecule has 108 valence electrons. The molecule has 0 spiro atoms. The van der Waals surface area contributed by atoms with Crippen LogP contribution in [0.1, 0.15) is 5.56 Å². The Morgan fingerprint density at radius 1 is 1.20 bits per heavy atom. The summed E-state index contributed by atoms with van der Waals surface area (Å²) in [5, 5.41) is 9.54. The minimum Gasteiger partial charge on any atom is -0.473 e. The monoisotopic (exact) mass is 296 g/mol. The number of rotatable bonds is 7. The van der Waals surface area contributed by atoms with Crippen LogP contribution in [0.15, 0.2) is 24.3 Å². The normalized spacial score (nSPS) is 10.9. The largest absolute Gasteiger partial charge is 0.536 e. The number of hydrogen-bond acceptors (Lipinski definition) is 4. The van der Waals surface area contributed by atoms with Gasteiger partial charge in [-0.25, -0.2) is 4.79 Å². The summed E-state index contributed by atoms with van der Waals surface area (Å²) in [7, 11) is 1.64. The number of carbonyl (C=O) groups is 1. The zero-order valence-electron chi connectivity index (χ0n) is 11.5. The number of carboxylic acid groups (broad SMARTS) is 1. The zero-order chi connectivity index (χ0) is 15.2. The van der Waals surface area contributed by atoms with Crippen molar-refractivity contribution in [1.29, 1.82) is 0 Å². The molecule has 0 heterocycles. The van der Waals surface area contributed by atoms with Crippen molar-refractivity contribution in [1.82, 2.24) is 0 Å². The van der Waals surface area contributed by atoms with E-state index in [1.807, 2.05) is 0 Å². The lowest BCUT2D eigenvalue weighted by Gasteiger charge is -2.24. The molecule has 0 saturated carbocycles. The Balaban J connectivity index is 2.99. The third kappa shape index (κ3) is 3.38. The first-order valence-electron chi connectivity index (χ1n) is 5.72. The molecule has 1 rings (SSSR count). The smallest absolute Gasteiger partial charge is 0.473 e. The van der Waals surface area contributed by atoms with Crippen molar-refractivity contribution in [2.24, 2.45) is 0 Å². The molecule has 0 fully saturated rings. The summed E-state index contributed by atoms with van der Waals surface area (Å²) in [6.07, 6.45) is 0.0214. The molecule has 0 aliphatic rings. The van der Waals surface area contributed by atoms with Crippen molar-refractivity contribution in [3.63, 3.8) is 0 Å². The second-order valence-electron chi connectivity index (χ2n) is 3.89. The van der Waals surface area contributed by atoms with Crippen LogP contribution in [0.2, 0.25) is 0 Å². The third-order valence-corrected chi connectivity index (χ3v) is 5.51. The van der Waals surface area contributed by atoms with Crippen LogP contribution in [0, 0.1) is 0 Å². The SMILES string of the molecule is CO[Si](OC)(OC)c1ccc(CC(=[N+]=[N-])C(=O)O)cc1. The predicted molar refractivity (Wildman–Crippen MR) is 72.8 cm³/mol. The van der Waals surface area contributed by atoms with E-state index in [1.54, 1.807) is 24.3 Å². The molecule has 0 atom stereocenters. The highest BCUT2D eigenvalue weighted by Gasteiger charge is 2.40. The summed E-state index contributed by atoms with van der Waals surface area (Å²) < 4.78 is 16.0. The Kier molecular flexibility index (Phi) is 5.75. The molecule has 0 aliphatic carbocycles. The lowest BCUT2D eigenvalue weighted by atomic mass is 10.1. The first kappa shape index (κ1) is 16.2. The van der Waals surface area contributed by atoms with E-state index in [4.69, 9.17) is 23.9 Å². The molecule has 0 amide bonds. The van der Waals surface area contributed by atoms with Gasteiger partial charge in [-0.15, -0.1) is 0 Å². The van der Waals surface area contributed by atoms with Crippen molar-refractivity contribution >= 4 is 25.7 Å². The fourth-order valence-corrected chi connectivity index (χ4v) is 3.56. The third-order valence-electron chi connectivity index (χ3n) is 2.85. The van der Waals surface area contributed by atoms with Crippen molar-refractivity contribution < 1.29 is 28.0 Å². The molecular formula is C12H16N2O5Si. The van der Waals surface area contributed by atoms with Gasteiger partial charge in [0.15, 0.2) is 0 Å². The van der Waals surface area contributed by atoms with Gasteiger partial charge < -0.3 is 23.9 Å². The summed E-state index contributed by atoms with van der Waals surface area (Å²) in [6.45, 7) is 0. The fourth-order valence-electron chi connectivity index (χ4n) is 1.78. The van der Waals surface area contributed by atoms with Gasteiger partial charge in [0.1, 0.15) is 0 Å². The van der Waals surface area contributed by atoms with Crippen molar-refractivity contribution in [3.8, 4) is 0 Å². The van der Waals surface area contributed by atoms with Crippen LogP contribution in [0.5, 0.6) is 0 Å². The van der Waals surface area contributed by atoms with E-state index in [2.05, 4.69) is 4.79 Å². The number of carboxylic acids is 1. The molecule has 20 heavy (non-hydrogen) atoms. The Labute approximate surface area is 117 Å². The average molecular weight is 296 g/mol. The lowest BCUT2D eigenvalue weighted by molar-refractivity contribution is -0.134. The molecule has 7 nitrogen and oxygen atoms in total. The molecule has 1 aromatic rings. The van der Waals surface area contributed by atoms with Crippen molar-refractivity contribution in [2.75, 3.05) is 21.3 Å². The van der Waals surface area contributed by atoms with E-state index in [-0.39, 0.29) is 12.1 Å². The van der Waals surface area contributed by atoms with Crippen LogP contribution in [0.25, 0.3) is 5.53 Å². The molecule has 0 radical (unpaired) electrons. The molecular weight excluding hydrogens is 280 g/mol. The van der Waals surface area contributed by atoms with E-state index in [0.717, 1.165) is 5.19 Å². The number of aliphatic carboxylic acids is 1. The van der Waals surface area contributed by atoms with Gasteiger partial charge in [-0.1, -0.05) is 24.3 Å². The number of nitrogens with zero attached hydrogens (tertiary/aromatic N) is 2. The van der Waals surface area contributed by atoms with Crippen LogP contribution >= 0.6 is 0 Å². The van der Waals surface area contributed by atoms with Crippen LogP contribution in [0.3, 0.4) is 0 Å². The molecule has 8 heteroatoms. The Bertz CT molecular complexity index is 513. The molecule has 0 aromatic heterocycles. The Morgan fingerprint density at radius 3 is 2.05 bits per heavy atom. The summed E-state index contributed by atoms with van der Waals surface area (Å²) in [4.78, 5) is 13.5. The summed E-state index contributed by atoms with van der Waals surface area (Å²) in [5.74, 6) is -1.26. The van der Waals surface area contributed by atoms with Gasteiger partial charge in [0, 0.05) is 26.5 Å².